The van der Waals surface area contributed by atoms with Gasteiger partial charge in [0.05, 0.1) is 18.9 Å². The van der Waals surface area contributed by atoms with Crippen molar-refractivity contribution >= 4 is 22.6 Å². The highest BCUT2D eigenvalue weighted by Crippen LogP contribution is 2.29. The summed E-state index contributed by atoms with van der Waals surface area (Å²) < 4.78 is 18.9. The van der Waals surface area contributed by atoms with Crippen LogP contribution < -0.4 is 11.3 Å². The number of likely N-dealkylation sites (tertiary alicyclic amines) is 1. The first-order chi connectivity index (χ1) is 17.4. The number of nitrogen functional groups attached to an aromatic ring is 1. The van der Waals surface area contributed by atoms with E-state index in [0.29, 0.717) is 23.0 Å². The standard InChI is InChI=1S/C26H28FN7OS/c1-31-13-11-21(16-31)34-24(28)23(26(35)32(34)2)25(36-22-9-5-19(27)6-10-22)30-15-18-3-7-20(8-4-18)33-14-12-29-17-33/h3-10,12,14,17,21H,11,13,15-16,28H2,1-2H3. The Hall–Kier alpha value is -3.63. The molecular formula is C26H28FN7OS. The average Bonchev–Trinajstić information content (AvgIpc) is 3.60. The Morgan fingerprint density at radius 3 is 2.56 bits per heavy atom. The minimum Gasteiger partial charge on any atom is -0.383 e. The number of likely N-dealkylation sites (N-methyl/N-ethyl adjacent to an activating group) is 1. The molecule has 1 aliphatic heterocycles. The maximum Gasteiger partial charge on any atom is 0.278 e. The fourth-order valence-electron chi connectivity index (χ4n) is 4.52. The van der Waals surface area contributed by atoms with E-state index in [1.165, 1.54) is 23.9 Å². The van der Waals surface area contributed by atoms with E-state index in [0.717, 1.165) is 35.7 Å². The molecule has 1 saturated heterocycles. The maximum absolute atomic E-state index is 13.5. The van der Waals surface area contributed by atoms with Gasteiger partial charge in [-0.3, -0.25) is 19.2 Å². The summed E-state index contributed by atoms with van der Waals surface area (Å²) in [7, 11) is 3.81. The molecule has 0 saturated carbocycles. The Morgan fingerprint density at radius 2 is 1.92 bits per heavy atom. The summed E-state index contributed by atoms with van der Waals surface area (Å²) in [5.41, 5.74) is 8.80. The number of hydrogen-bond donors (Lipinski definition) is 1. The van der Waals surface area contributed by atoms with Gasteiger partial charge in [-0.2, -0.15) is 0 Å². The van der Waals surface area contributed by atoms with Crippen molar-refractivity contribution in [2.24, 2.45) is 12.0 Å². The van der Waals surface area contributed by atoms with Crippen LogP contribution in [-0.2, 0) is 13.6 Å². The van der Waals surface area contributed by atoms with Gasteiger partial charge in [0, 0.05) is 36.6 Å². The lowest BCUT2D eigenvalue weighted by atomic mass is 10.2. The molecular weight excluding hydrogens is 477 g/mol. The summed E-state index contributed by atoms with van der Waals surface area (Å²) in [6, 6.07) is 14.3. The Bertz CT molecular complexity index is 1420. The summed E-state index contributed by atoms with van der Waals surface area (Å²) >= 11 is 1.32. The number of aromatic nitrogens is 4. The van der Waals surface area contributed by atoms with Crippen LogP contribution in [0.5, 0.6) is 0 Å². The highest BCUT2D eigenvalue weighted by atomic mass is 32.2. The molecule has 2 aromatic carbocycles. The van der Waals surface area contributed by atoms with Crippen LogP contribution in [0.3, 0.4) is 0 Å². The van der Waals surface area contributed by atoms with Gasteiger partial charge in [-0.25, -0.2) is 9.37 Å². The highest BCUT2D eigenvalue weighted by molar-refractivity contribution is 8.14. The number of hydrogen-bond acceptors (Lipinski definition) is 6. The van der Waals surface area contributed by atoms with Gasteiger partial charge in [0.1, 0.15) is 22.2 Å². The van der Waals surface area contributed by atoms with E-state index in [4.69, 9.17) is 10.7 Å². The predicted molar refractivity (Wildman–Crippen MR) is 141 cm³/mol. The average molecular weight is 506 g/mol. The molecule has 10 heteroatoms. The Morgan fingerprint density at radius 1 is 1.17 bits per heavy atom. The molecule has 1 atom stereocenters. The zero-order valence-electron chi connectivity index (χ0n) is 20.2. The molecule has 1 fully saturated rings. The zero-order chi connectivity index (χ0) is 25.2. The summed E-state index contributed by atoms with van der Waals surface area (Å²) in [5, 5.41) is 0.517. The summed E-state index contributed by atoms with van der Waals surface area (Å²) in [6.45, 7) is 2.15. The fourth-order valence-corrected chi connectivity index (χ4v) is 5.44. The summed E-state index contributed by atoms with van der Waals surface area (Å²) in [4.78, 5) is 25.3. The molecule has 0 amide bonds. The van der Waals surface area contributed by atoms with Gasteiger partial charge in [0.15, 0.2) is 0 Å². The molecule has 1 aliphatic rings. The van der Waals surface area contributed by atoms with E-state index < -0.39 is 0 Å². The minimum absolute atomic E-state index is 0.120. The van der Waals surface area contributed by atoms with Crippen LogP contribution in [0.4, 0.5) is 10.2 Å². The topological polar surface area (TPSA) is 86.4 Å². The molecule has 3 heterocycles. The number of aliphatic imine (C=N–C) groups is 1. The molecule has 0 aliphatic carbocycles. The monoisotopic (exact) mass is 505 g/mol. The first-order valence-electron chi connectivity index (χ1n) is 11.7. The third-order valence-corrected chi connectivity index (χ3v) is 7.47. The van der Waals surface area contributed by atoms with Crippen LogP contribution in [0.25, 0.3) is 5.69 Å². The quantitative estimate of drug-likeness (QED) is 0.245. The molecule has 8 nitrogen and oxygen atoms in total. The van der Waals surface area contributed by atoms with Crippen LogP contribution >= 0.6 is 11.8 Å². The SMILES string of the molecule is CN1CCC(n2c(N)c(C(=NCc3ccc(-n4ccnc4)cc3)Sc3ccc(F)cc3)c(=O)n2C)C1. The molecule has 186 valence electrons. The van der Waals surface area contributed by atoms with Gasteiger partial charge >= 0.3 is 0 Å². The number of rotatable bonds is 6. The van der Waals surface area contributed by atoms with Gasteiger partial charge < -0.3 is 15.2 Å². The van der Waals surface area contributed by atoms with Crippen molar-refractivity contribution in [3.63, 3.8) is 0 Å². The van der Waals surface area contributed by atoms with Crippen LogP contribution in [0.2, 0.25) is 0 Å². The Labute approximate surface area is 212 Å². The van der Waals surface area contributed by atoms with E-state index in [2.05, 4.69) is 16.9 Å². The largest absolute Gasteiger partial charge is 0.383 e. The number of anilines is 1. The number of halogens is 1. The third kappa shape index (κ3) is 4.87. The van der Waals surface area contributed by atoms with Gasteiger partial charge in [-0.05, 0) is 62.0 Å². The van der Waals surface area contributed by atoms with Crippen LogP contribution in [0.1, 0.15) is 23.6 Å². The molecule has 5 rings (SSSR count). The van der Waals surface area contributed by atoms with Crippen molar-refractivity contribution < 1.29 is 4.39 Å². The van der Waals surface area contributed by atoms with Crippen molar-refractivity contribution in [3.05, 3.63) is 94.5 Å². The minimum atomic E-state index is -0.317. The number of benzene rings is 2. The molecule has 0 bridgehead atoms. The van der Waals surface area contributed by atoms with E-state index in [1.54, 1.807) is 36.4 Å². The second kappa shape index (κ2) is 10.2. The molecule has 2 N–H and O–H groups in total. The van der Waals surface area contributed by atoms with Gasteiger partial charge in [0.25, 0.3) is 5.56 Å². The van der Waals surface area contributed by atoms with Crippen molar-refractivity contribution in [3.8, 4) is 5.69 Å². The first kappa shape index (κ1) is 24.1. The molecule has 36 heavy (non-hydrogen) atoms. The smallest absolute Gasteiger partial charge is 0.278 e. The van der Waals surface area contributed by atoms with Crippen molar-refractivity contribution in [1.29, 1.82) is 0 Å². The number of thioether (sulfide) groups is 1. The maximum atomic E-state index is 13.5. The van der Waals surface area contributed by atoms with E-state index >= 15 is 0 Å². The predicted octanol–water partition coefficient (Wildman–Crippen LogP) is 3.71. The first-order valence-corrected chi connectivity index (χ1v) is 12.5. The summed E-state index contributed by atoms with van der Waals surface area (Å²) in [6.07, 6.45) is 6.28. The van der Waals surface area contributed by atoms with Crippen molar-refractivity contribution in [2.45, 2.75) is 23.9 Å². The molecule has 0 spiro atoms. The van der Waals surface area contributed by atoms with Crippen LogP contribution in [0, 0.1) is 5.82 Å². The zero-order valence-corrected chi connectivity index (χ0v) is 21.0. The Balaban J connectivity index is 1.50. The second-order valence-electron chi connectivity index (χ2n) is 8.95. The Kier molecular flexibility index (Phi) is 6.80. The summed E-state index contributed by atoms with van der Waals surface area (Å²) in [5.74, 6) is 0.0920. The third-order valence-electron chi connectivity index (χ3n) is 6.43. The lowest BCUT2D eigenvalue weighted by Crippen LogP contribution is -2.26. The number of nitrogens with two attached hydrogens (primary N) is 1. The van der Waals surface area contributed by atoms with Gasteiger partial charge in [-0.15, -0.1) is 0 Å². The lowest BCUT2D eigenvalue weighted by Gasteiger charge is -2.17. The van der Waals surface area contributed by atoms with Crippen LogP contribution in [-0.4, -0.2) is 49.0 Å². The fraction of sp³-hybridized carbons (Fsp3) is 0.269. The number of nitrogens with zero attached hydrogens (tertiary/aromatic N) is 6. The molecule has 2 aromatic heterocycles. The van der Waals surface area contributed by atoms with Crippen molar-refractivity contribution in [2.75, 3.05) is 25.9 Å². The highest BCUT2D eigenvalue weighted by Gasteiger charge is 2.29. The van der Waals surface area contributed by atoms with Crippen LogP contribution in [0.15, 0.2) is 81.9 Å². The number of imidazole rings is 1. The second-order valence-corrected chi connectivity index (χ2v) is 10.0. The normalized spacial score (nSPS) is 16.6. The molecule has 4 aromatic rings. The van der Waals surface area contributed by atoms with E-state index in [9.17, 15) is 9.18 Å². The van der Waals surface area contributed by atoms with Crippen molar-refractivity contribution in [1.82, 2.24) is 23.8 Å². The van der Waals surface area contributed by atoms with E-state index in [1.807, 2.05) is 39.7 Å². The van der Waals surface area contributed by atoms with E-state index in [-0.39, 0.29) is 17.4 Å². The lowest BCUT2D eigenvalue weighted by molar-refractivity contribution is 0.362. The molecule has 1 unspecified atom stereocenters. The molecule has 0 radical (unpaired) electrons. The van der Waals surface area contributed by atoms with Gasteiger partial charge in [0.2, 0.25) is 0 Å². The van der Waals surface area contributed by atoms with Gasteiger partial charge in [-0.1, -0.05) is 23.9 Å².